The van der Waals surface area contributed by atoms with Crippen molar-refractivity contribution in [2.24, 2.45) is 5.73 Å². The molecule has 1 aromatic heterocycles. The molecule has 0 aliphatic carbocycles. The number of nitrogens with two attached hydrogens (primary N) is 1. The normalized spacial score (nSPS) is 17.0. The molecule has 0 saturated heterocycles. The van der Waals surface area contributed by atoms with E-state index in [1.165, 1.54) is 23.5 Å². The summed E-state index contributed by atoms with van der Waals surface area (Å²) in [6, 6.07) is 2.21. The van der Waals surface area contributed by atoms with Gasteiger partial charge in [-0.1, -0.05) is 6.92 Å². The minimum absolute atomic E-state index is 0.119. The predicted molar refractivity (Wildman–Crippen MR) is 88.9 cm³/mol. The Morgan fingerprint density at radius 1 is 1.42 bits per heavy atom. The maximum Gasteiger partial charge on any atom is 0.266 e. The van der Waals surface area contributed by atoms with Crippen molar-refractivity contribution >= 4 is 17.2 Å². The zero-order chi connectivity index (χ0) is 17.4. The second-order valence-electron chi connectivity index (χ2n) is 5.86. The molecule has 1 unspecified atom stereocenters. The number of fused-ring (bicyclic) bond motifs is 1. The third-order valence-electron chi connectivity index (χ3n) is 4.40. The summed E-state index contributed by atoms with van der Waals surface area (Å²) in [6.45, 7) is 4.50. The number of carbonyl (C=O) groups is 1. The molecule has 1 atom stereocenters. The Morgan fingerprint density at radius 3 is 2.75 bits per heavy atom. The van der Waals surface area contributed by atoms with Gasteiger partial charge in [-0.25, -0.2) is 13.8 Å². The molecular weight excluding hydrogens is 332 g/mol. The number of hydrogen-bond donors (Lipinski definition) is 1. The number of thiazole rings is 1. The van der Waals surface area contributed by atoms with E-state index in [1.54, 1.807) is 11.8 Å². The highest BCUT2D eigenvalue weighted by atomic mass is 32.1. The summed E-state index contributed by atoms with van der Waals surface area (Å²) in [6.07, 6.45) is 1.14. The molecule has 1 aliphatic heterocycles. The standard InChI is InChI=1S/C17H19F2N3OS/c1-3-14-11-7-13(19)12(18)6-10(11)4-5-22(14)17(23)16-9(2)21-15(8-20)24-16/h6-7,14H,3-5,8,20H2,1-2H3. The summed E-state index contributed by atoms with van der Waals surface area (Å²) in [5.41, 5.74) is 7.73. The fourth-order valence-corrected chi connectivity index (χ4v) is 4.15. The summed E-state index contributed by atoms with van der Waals surface area (Å²) < 4.78 is 27.2. The second-order valence-corrected chi connectivity index (χ2v) is 6.95. The highest BCUT2D eigenvalue weighted by Gasteiger charge is 2.32. The van der Waals surface area contributed by atoms with Crippen molar-refractivity contribution in [1.82, 2.24) is 9.88 Å². The number of amides is 1. The average molecular weight is 351 g/mol. The van der Waals surface area contributed by atoms with E-state index in [9.17, 15) is 13.6 Å². The number of carbonyl (C=O) groups excluding carboxylic acids is 1. The Balaban J connectivity index is 1.97. The Morgan fingerprint density at radius 2 is 2.12 bits per heavy atom. The number of aryl methyl sites for hydroxylation is 1. The highest BCUT2D eigenvalue weighted by Crippen LogP contribution is 2.35. The number of halogens is 2. The lowest BCUT2D eigenvalue weighted by Crippen LogP contribution is -2.40. The molecule has 1 aromatic carbocycles. The van der Waals surface area contributed by atoms with Gasteiger partial charge in [0.2, 0.25) is 0 Å². The molecule has 0 fully saturated rings. The minimum Gasteiger partial charge on any atom is -0.331 e. The van der Waals surface area contributed by atoms with Gasteiger partial charge in [-0.3, -0.25) is 4.79 Å². The maximum atomic E-state index is 13.7. The van der Waals surface area contributed by atoms with Gasteiger partial charge in [0.25, 0.3) is 5.91 Å². The van der Waals surface area contributed by atoms with E-state index in [4.69, 9.17) is 5.73 Å². The van der Waals surface area contributed by atoms with E-state index in [0.717, 1.165) is 10.6 Å². The van der Waals surface area contributed by atoms with E-state index in [-0.39, 0.29) is 11.9 Å². The summed E-state index contributed by atoms with van der Waals surface area (Å²) in [5, 5.41) is 0.717. The molecule has 0 spiro atoms. The van der Waals surface area contributed by atoms with Crippen LogP contribution in [0.2, 0.25) is 0 Å². The molecule has 2 aromatic rings. The van der Waals surface area contributed by atoms with Gasteiger partial charge in [0.05, 0.1) is 11.7 Å². The number of rotatable bonds is 3. The SMILES string of the molecule is CCC1c2cc(F)c(F)cc2CCN1C(=O)c1sc(CN)nc1C. The van der Waals surface area contributed by atoms with Gasteiger partial charge in [-0.05, 0) is 43.0 Å². The number of aromatic nitrogens is 1. The van der Waals surface area contributed by atoms with E-state index < -0.39 is 11.6 Å². The quantitative estimate of drug-likeness (QED) is 0.923. The fourth-order valence-electron chi connectivity index (χ4n) is 3.25. The molecule has 1 amide bonds. The summed E-state index contributed by atoms with van der Waals surface area (Å²) in [7, 11) is 0. The van der Waals surface area contributed by atoms with Gasteiger partial charge in [0.1, 0.15) is 9.88 Å². The van der Waals surface area contributed by atoms with Gasteiger partial charge >= 0.3 is 0 Å². The van der Waals surface area contributed by atoms with Crippen molar-refractivity contribution in [3.8, 4) is 0 Å². The van der Waals surface area contributed by atoms with E-state index in [2.05, 4.69) is 4.98 Å². The summed E-state index contributed by atoms with van der Waals surface area (Å²) in [4.78, 5) is 19.6. The Hall–Kier alpha value is -1.86. The van der Waals surface area contributed by atoms with Gasteiger partial charge in [0.15, 0.2) is 11.6 Å². The number of benzene rings is 1. The van der Waals surface area contributed by atoms with Crippen molar-refractivity contribution in [1.29, 1.82) is 0 Å². The van der Waals surface area contributed by atoms with E-state index in [0.29, 0.717) is 42.1 Å². The molecule has 24 heavy (non-hydrogen) atoms. The predicted octanol–water partition coefficient (Wildman–Crippen LogP) is 3.34. The van der Waals surface area contributed by atoms with Crippen molar-refractivity contribution < 1.29 is 13.6 Å². The first-order chi connectivity index (χ1) is 11.5. The number of hydrogen-bond acceptors (Lipinski definition) is 4. The molecule has 0 radical (unpaired) electrons. The van der Waals surface area contributed by atoms with Crippen LogP contribution in [0.1, 0.15) is 50.9 Å². The van der Waals surface area contributed by atoms with Gasteiger partial charge in [-0.15, -0.1) is 11.3 Å². The van der Waals surface area contributed by atoms with Crippen LogP contribution in [0.3, 0.4) is 0 Å². The highest BCUT2D eigenvalue weighted by molar-refractivity contribution is 7.13. The average Bonchev–Trinajstić information content (AvgIpc) is 2.95. The Bertz CT molecular complexity index is 790. The zero-order valence-electron chi connectivity index (χ0n) is 13.6. The van der Waals surface area contributed by atoms with E-state index in [1.807, 2.05) is 6.92 Å². The molecule has 0 bridgehead atoms. The van der Waals surface area contributed by atoms with Crippen molar-refractivity contribution in [2.45, 2.75) is 39.3 Å². The Kier molecular flexibility index (Phi) is 4.64. The van der Waals surface area contributed by atoms with Crippen LogP contribution in [-0.2, 0) is 13.0 Å². The van der Waals surface area contributed by atoms with Crippen LogP contribution >= 0.6 is 11.3 Å². The number of nitrogens with zero attached hydrogens (tertiary/aromatic N) is 2. The summed E-state index contributed by atoms with van der Waals surface area (Å²) in [5.74, 6) is -1.83. The van der Waals surface area contributed by atoms with E-state index >= 15 is 0 Å². The van der Waals surface area contributed by atoms with Crippen LogP contribution in [0.25, 0.3) is 0 Å². The minimum atomic E-state index is -0.874. The molecule has 3 rings (SSSR count). The first kappa shape index (κ1) is 17.0. The van der Waals surface area contributed by atoms with Crippen LogP contribution < -0.4 is 5.73 Å². The van der Waals surface area contributed by atoms with Crippen molar-refractivity contribution in [3.05, 3.63) is 50.5 Å². The zero-order valence-corrected chi connectivity index (χ0v) is 14.4. The van der Waals surface area contributed by atoms with Crippen molar-refractivity contribution in [3.63, 3.8) is 0 Å². The van der Waals surface area contributed by atoms with Gasteiger partial charge < -0.3 is 10.6 Å². The molecule has 2 N–H and O–H groups in total. The van der Waals surface area contributed by atoms with Gasteiger partial charge in [-0.2, -0.15) is 0 Å². The van der Waals surface area contributed by atoms with Crippen LogP contribution in [0.5, 0.6) is 0 Å². The van der Waals surface area contributed by atoms with Crippen LogP contribution in [0.4, 0.5) is 8.78 Å². The topological polar surface area (TPSA) is 59.2 Å². The largest absolute Gasteiger partial charge is 0.331 e. The first-order valence-electron chi connectivity index (χ1n) is 7.91. The monoisotopic (exact) mass is 351 g/mol. The lowest BCUT2D eigenvalue weighted by atomic mass is 9.90. The smallest absolute Gasteiger partial charge is 0.266 e. The van der Waals surface area contributed by atoms with Gasteiger partial charge in [0, 0.05) is 13.1 Å². The maximum absolute atomic E-state index is 13.7. The molecule has 2 heterocycles. The van der Waals surface area contributed by atoms with Crippen LogP contribution in [-0.4, -0.2) is 22.3 Å². The lowest BCUT2D eigenvalue weighted by Gasteiger charge is -2.37. The molecule has 1 aliphatic rings. The molecule has 7 heteroatoms. The Labute approximate surface area is 143 Å². The van der Waals surface area contributed by atoms with Crippen molar-refractivity contribution in [2.75, 3.05) is 6.54 Å². The molecular formula is C17H19F2N3OS. The molecule has 128 valence electrons. The third-order valence-corrected chi connectivity index (χ3v) is 5.56. The van der Waals surface area contributed by atoms with Crippen LogP contribution in [0, 0.1) is 18.6 Å². The second kappa shape index (κ2) is 6.57. The fraction of sp³-hybridized carbons (Fsp3) is 0.412. The van der Waals surface area contributed by atoms with Crippen LogP contribution in [0.15, 0.2) is 12.1 Å². The third kappa shape index (κ3) is 2.82. The lowest BCUT2D eigenvalue weighted by molar-refractivity contribution is 0.0659. The molecule has 4 nitrogen and oxygen atoms in total. The molecule has 0 saturated carbocycles. The first-order valence-corrected chi connectivity index (χ1v) is 8.73. The summed E-state index contributed by atoms with van der Waals surface area (Å²) >= 11 is 1.30.